The first-order valence-electron chi connectivity index (χ1n) is 8.12. The fourth-order valence-corrected chi connectivity index (χ4v) is 4.07. The van der Waals surface area contributed by atoms with Crippen LogP contribution in [0.2, 0.25) is 10.0 Å². The average molecular weight is 402 g/mol. The molecule has 1 N–H and O–H groups in total. The monoisotopic (exact) mass is 401 g/mol. The van der Waals surface area contributed by atoms with Gasteiger partial charge in [0.05, 0.1) is 15.3 Å². The van der Waals surface area contributed by atoms with Gasteiger partial charge in [-0.15, -0.1) is 11.8 Å². The van der Waals surface area contributed by atoms with Crippen LogP contribution >= 0.6 is 35.0 Å². The van der Waals surface area contributed by atoms with Crippen LogP contribution in [-0.4, -0.2) is 11.2 Å². The van der Waals surface area contributed by atoms with Crippen LogP contribution < -0.4 is 5.32 Å². The number of hydrogen-bond acceptors (Lipinski definition) is 2. The number of carbonyl (C=O) groups excluding carboxylic acids is 1. The van der Waals surface area contributed by atoms with E-state index in [0.29, 0.717) is 10.0 Å². The largest absolute Gasteiger partial charge is 0.325 e. The molecular weight excluding hydrogens is 385 g/mol. The molecule has 3 rings (SSSR count). The molecule has 0 aromatic heterocycles. The first-order chi connectivity index (χ1) is 12.6. The highest BCUT2D eigenvalue weighted by Crippen LogP contribution is 2.37. The van der Waals surface area contributed by atoms with Crippen molar-refractivity contribution in [3.8, 4) is 11.1 Å². The highest BCUT2D eigenvalue weighted by Gasteiger charge is 2.19. The quantitative estimate of drug-likeness (QED) is 0.477. The molecular formula is C21H17Cl2NOS. The maximum atomic E-state index is 12.7. The molecule has 1 atom stereocenters. The van der Waals surface area contributed by atoms with E-state index in [1.54, 1.807) is 18.2 Å². The number of para-hydroxylation sites is 1. The summed E-state index contributed by atoms with van der Waals surface area (Å²) >= 11 is 13.8. The van der Waals surface area contributed by atoms with Crippen molar-refractivity contribution in [3.63, 3.8) is 0 Å². The van der Waals surface area contributed by atoms with Gasteiger partial charge in [-0.3, -0.25) is 4.79 Å². The Morgan fingerprint density at radius 3 is 2.19 bits per heavy atom. The van der Waals surface area contributed by atoms with Gasteiger partial charge in [-0.2, -0.15) is 0 Å². The number of anilines is 1. The van der Waals surface area contributed by atoms with Crippen molar-refractivity contribution < 1.29 is 4.79 Å². The molecule has 3 aromatic carbocycles. The standard InChI is InChI=1S/C21H17Cl2NOS/c1-14(26-20-17(22)11-7-12-18(20)23)21(25)24-19-13-6-5-10-16(19)15-8-3-2-4-9-15/h2-14H,1H3,(H,24,25)/t14-/m0/s1. The zero-order chi connectivity index (χ0) is 18.5. The number of amides is 1. The maximum absolute atomic E-state index is 12.7. The Morgan fingerprint density at radius 1 is 0.885 bits per heavy atom. The Kier molecular flexibility index (Phi) is 6.25. The molecule has 0 aliphatic heterocycles. The lowest BCUT2D eigenvalue weighted by atomic mass is 10.0. The molecule has 0 aliphatic rings. The summed E-state index contributed by atoms with van der Waals surface area (Å²) < 4.78 is 0. The molecule has 132 valence electrons. The van der Waals surface area contributed by atoms with Crippen molar-refractivity contribution in [2.45, 2.75) is 17.1 Å². The van der Waals surface area contributed by atoms with Gasteiger partial charge in [-0.25, -0.2) is 0 Å². The zero-order valence-corrected chi connectivity index (χ0v) is 16.4. The Bertz CT molecular complexity index is 895. The highest BCUT2D eigenvalue weighted by molar-refractivity contribution is 8.00. The van der Waals surface area contributed by atoms with Crippen molar-refractivity contribution in [1.82, 2.24) is 0 Å². The van der Waals surface area contributed by atoms with Crippen LogP contribution in [0.5, 0.6) is 0 Å². The van der Waals surface area contributed by atoms with Crippen molar-refractivity contribution >= 4 is 46.6 Å². The fraction of sp³-hybridized carbons (Fsp3) is 0.0952. The molecule has 0 saturated heterocycles. The number of benzene rings is 3. The summed E-state index contributed by atoms with van der Waals surface area (Å²) in [5, 5.41) is 3.77. The molecule has 0 heterocycles. The zero-order valence-electron chi connectivity index (χ0n) is 14.1. The predicted octanol–water partition coefficient (Wildman–Crippen LogP) is 6.78. The van der Waals surface area contributed by atoms with E-state index in [4.69, 9.17) is 23.2 Å². The van der Waals surface area contributed by atoms with Crippen LogP contribution in [-0.2, 0) is 4.79 Å². The van der Waals surface area contributed by atoms with Gasteiger partial charge in [-0.1, -0.05) is 77.8 Å². The number of rotatable bonds is 5. The van der Waals surface area contributed by atoms with Gasteiger partial charge < -0.3 is 5.32 Å². The lowest BCUT2D eigenvalue weighted by molar-refractivity contribution is -0.115. The molecule has 0 saturated carbocycles. The number of hydrogen-bond donors (Lipinski definition) is 1. The number of carbonyl (C=O) groups is 1. The molecule has 0 bridgehead atoms. The van der Waals surface area contributed by atoms with Gasteiger partial charge in [0.25, 0.3) is 0 Å². The van der Waals surface area contributed by atoms with Crippen LogP contribution in [0.1, 0.15) is 6.92 Å². The van der Waals surface area contributed by atoms with Gasteiger partial charge in [0.15, 0.2) is 0 Å². The molecule has 0 spiro atoms. The predicted molar refractivity (Wildman–Crippen MR) is 112 cm³/mol. The van der Waals surface area contributed by atoms with E-state index in [2.05, 4.69) is 5.32 Å². The van der Waals surface area contributed by atoms with Crippen LogP contribution in [0.25, 0.3) is 11.1 Å². The van der Waals surface area contributed by atoms with Crippen molar-refractivity contribution in [2.75, 3.05) is 5.32 Å². The molecule has 3 aromatic rings. The van der Waals surface area contributed by atoms with Gasteiger partial charge in [0.2, 0.25) is 5.91 Å². The SMILES string of the molecule is C[C@H](Sc1c(Cl)cccc1Cl)C(=O)Nc1ccccc1-c1ccccc1. The molecule has 2 nitrogen and oxygen atoms in total. The minimum atomic E-state index is -0.351. The summed E-state index contributed by atoms with van der Waals surface area (Å²) in [7, 11) is 0. The molecule has 0 unspecified atom stereocenters. The third-order valence-electron chi connectivity index (χ3n) is 3.85. The van der Waals surface area contributed by atoms with E-state index < -0.39 is 0 Å². The minimum Gasteiger partial charge on any atom is -0.325 e. The first-order valence-corrected chi connectivity index (χ1v) is 9.76. The molecule has 0 aliphatic carbocycles. The minimum absolute atomic E-state index is 0.102. The van der Waals surface area contributed by atoms with Crippen molar-refractivity contribution in [1.29, 1.82) is 0 Å². The number of halogens is 2. The Balaban J connectivity index is 1.78. The normalized spacial score (nSPS) is 11.8. The third kappa shape index (κ3) is 4.42. The van der Waals surface area contributed by atoms with Gasteiger partial charge >= 0.3 is 0 Å². The maximum Gasteiger partial charge on any atom is 0.237 e. The molecule has 1 amide bonds. The van der Waals surface area contributed by atoms with Crippen LogP contribution in [0.4, 0.5) is 5.69 Å². The molecule has 26 heavy (non-hydrogen) atoms. The number of thioether (sulfide) groups is 1. The van der Waals surface area contributed by atoms with Crippen molar-refractivity contribution in [2.24, 2.45) is 0 Å². The molecule has 0 radical (unpaired) electrons. The third-order valence-corrected chi connectivity index (χ3v) is 5.95. The lowest BCUT2D eigenvalue weighted by Crippen LogP contribution is -2.22. The van der Waals surface area contributed by atoms with E-state index in [9.17, 15) is 4.79 Å². The molecule has 0 fully saturated rings. The van der Waals surface area contributed by atoms with E-state index >= 15 is 0 Å². The average Bonchev–Trinajstić information content (AvgIpc) is 2.66. The second kappa shape index (κ2) is 8.63. The van der Waals surface area contributed by atoms with E-state index in [0.717, 1.165) is 21.7 Å². The topological polar surface area (TPSA) is 29.1 Å². The Hall–Kier alpha value is -1.94. The lowest BCUT2D eigenvalue weighted by Gasteiger charge is -2.16. The van der Waals surface area contributed by atoms with Crippen molar-refractivity contribution in [3.05, 3.63) is 82.8 Å². The summed E-state index contributed by atoms with van der Waals surface area (Å²) in [6, 6.07) is 23.1. The van der Waals surface area contributed by atoms with Crippen LogP contribution in [0.3, 0.4) is 0 Å². The second-order valence-corrected chi connectivity index (χ2v) is 7.88. The number of nitrogens with one attached hydrogen (secondary N) is 1. The van der Waals surface area contributed by atoms with Crippen LogP contribution in [0, 0.1) is 0 Å². The van der Waals surface area contributed by atoms with E-state index in [-0.39, 0.29) is 11.2 Å². The second-order valence-electron chi connectivity index (χ2n) is 5.71. The first kappa shape index (κ1) is 18.8. The Labute approximate surface area is 167 Å². The summed E-state index contributed by atoms with van der Waals surface area (Å²) in [5.41, 5.74) is 2.81. The Morgan fingerprint density at radius 2 is 1.50 bits per heavy atom. The van der Waals surface area contributed by atoms with Gasteiger partial charge in [-0.05, 0) is 30.7 Å². The molecule has 5 heteroatoms. The summed E-state index contributed by atoms with van der Waals surface area (Å²) in [6.07, 6.45) is 0. The van der Waals surface area contributed by atoms with E-state index in [1.807, 2.05) is 61.5 Å². The fourth-order valence-electron chi connectivity index (χ4n) is 2.52. The smallest absolute Gasteiger partial charge is 0.237 e. The van der Waals surface area contributed by atoms with Gasteiger partial charge in [0.1, 0.15) is 0 Å². The summed E-state index contributed by atoms with van der Waals surface area (Å²) in [4.78, 5) is 13.4. The van der Waals surface area contributed by atoms with Gasteiger partial charge in [0, 0.05) is 16.1 Å². The summed E-state index contributed by atoms with van der Waals surface area (Å²) in [5.74, 6) is -0.102. The summed E-state index contributed by atoms with van der Waals surface area (Å²) in [6.45, 7) is 1.84. The van der Waals surface area contributed by atoms with E-state index in [1.165, 1.54) is 11.8 Å². The van der Waals surface area contributed by atoms with Crippen LogP contribution in [0.15, 0.2) is 77.7 Å². The highest BCUT2D eigenvalue weighted by atomic mass is 35.5.